The van der Waals surface area contributed by atoms with Crippen LogP contribution in [-0.4, -0.2) is 0 Å². The van der Waals surface area contributed by atoms with Crippen LogP contribution in [0.25, 0.3) is 11.1 Å². The summed E-state index contributed by atoms with van der Waals surface area (Å²) in [6.07, 6.45) is -9.60. The molecule has 0 N–H and O–H groups in total. The second-order valence-electron chi connectivity index (χ2n) is 10.9. The zero-order valence-electron chi connectivity index (χ0n) is 24.1. The van der Waals surface area contributed by atoms with Gasteiger partial charge in [-0.3, -0.25) is 0 Å². The molecule has 0 amide bonds. The fraction of sp³-hybridized carbons (Fsp3) is 0.314. The predicted molar refractivity (Wildman–Crippen MR) is 153 cm³/mol. The van der Waals surface area contributed by atoms with Crippen LogP contribution in [0.2, 0.25) is 0 Å². The van der Waals surface area contributed by atoms with Gasteiger partial charge in [-0.25, -0.2) is 8.78 Å². The van der Waals surface area contributed by atoms with E-state index >= 15 is 0 Å². The highest BCUT2D eigenvalue weighted by atomic mass is 19.4. The van der Waals surface area contributed by atoms with Crippen molar-refractivity contribution >= 4 is 0 Å². The van der Waals surface area contributed by atoms with Crippen LogP contribution in [0.5, 0.6) is 0 Å². The Labute approximate surface area is 246 Å². The van der Waals surface area contributed by atoms with Crippen LogP contribution in [-0.2, 0) is 44.5 Å². The molecule has 0 radical (unpaired) electrons. The summed E-state index contributed by atoms with van der Waals surface area (Å²) in [7, 11) is 0. The van der Waals surface area contributed by atoms with Crippen molar-refractivity contribution < 1.29 is 35.1 Å². The van der Waals surface area contributed by atoms with E-state index in [1.165, 1.54) is 25.1 Å². The van der Waals surface area contributed by atoms with E-state index in [9.17, 15) is 35.1 Å². The maximum absolute atomic E-state index is 14.8. The molecule has 0 fully saturated rings. The molecule has 0 bridgehead atoms. The maximum atomic E-state index is 14.8. The molecule has 4 aromatic carbocycles. The highest BCUT2D eigenvalue weighted by molar-refractivity contribution is 5.65. The molecule has 0 aliphatic rings. The van der Waals surface area contributed by atoms with Gasteiger partial charge in [0.1, 0.15) is 11.6 Å². The third kappa shape index (κ3) is 7.64. The molecular weight excluding hydrogens is 572 g/mol. The van der Waals surface area contributed by atoms with E-state index in [1.54, 1.807) is 43.3 Å². The van der Waals surface area contributed by atoms with Gasteiger partial charge in [0, 0.05) is 5.56 Å². The largest absolute Gasteiger partial charge is 0.417 e. The Morgan fingerprint density at radius 3 is 1.65 bits per heavy atom. The molecule has 0 saturated heterocycles. The number of benzene rings is 4. The smallest absolute Gasteiger partial charge is 0.207 e. The summed E-state index contributed by atoms with van der Waals surface area (Å²) in [5.74, 6) is -1.05. The van der Waals surface area contributed by atoms with Crippen molar-refractivity contribution in [3.63, 3.8) is 0 Å². The summed E-state index contributed by atoms with van der Waals surface area (Å²) in [5, 5.41) is 0. The zero-order chi connectivity index (χ0) is 31.5. The van der Waals surface area contributed by atoms with E-state index < -0.39 is 35.1 Å². The molecule has 0 heterocycles. The fourth-order valence-electron chi connectivity index (χ4n) is 5.51. The molecule has 0 atom stereocenters. The summed E-state index contributed by atoms with van der Waals surface area (Å²) in [4.78, 5) is 0. The molecule has 0 nitrogen and oxygen atoms in total. The number of hydrogen-bond acceptors (Lipinski definition) is 0. The first-order valence-corrected chi connectivity index (χ1v) is 14.1. The van der Waals surface area contributed by atoms with E-state index in [0.717, 1.165) is 11.1 Å². The lowest BCUT2D eigenvalue weighted by Crippen LogP contribution is -2.22. The van der Waals surface area contributed by atoms with Crippen molar-refractivity contribution in [3.05, 3.63) is 128 Å². The van der Waals surface area contributed by atoms with Crippen LogP contribution in [0.4, 0.5) is 35.1 Å². The van der Waals surface area contributed by atoms with Gasteiger partial charge in [0.05, 0.1) is 11.1 Å². The van der Waals surface area contributed by atoms with Crippen molar-refractivity contribution in [1.29, 1.82) is 0 Å². The molecule has 228 valence electrons. The van der Waals surface area contributed by atoms with Crippen LogP contribution in [0.1, 0.15) is 63.4 Å². The van der Waals surface area contributed by atoms with Gasteiger partial charge in [-0.05, 0) is 97.0 Å². The maximum Gasteiger partial charge on any atom is 0.417 e. The third-order valence-electron chi connectivity index (χ3n) is 7.69. The van der Waals surface area contributed by atoms with Gasteiger partial charge in [-0.15, -0.1) is 0 Å². The number of hydrogen-bond donors (Lipinski definition) is 0. The quantitative estimate of drug-likeness (QED) is 0.167. The van der Waals surface area contributed by atoms with Gasteiger partial charge in [0.25, 0.3) is 0 Å². The first kappa shape index (κ1) is 32.2. The minimum atomic E-state index is -5.16. The van der Waals surface area contributed by atoms with Gasteiger partial charge in [0.2, 0.25) is 0 Å². The van der Waals surface area contributed by atoms with Gasteiger partial charge in [0.15, 0.2) is 0 Å². The van der Waals surface area contributed by atoms with Crippen LogP contribution in [0, 0.1) is 25.5 Å². The summed E-state index contributed by atoms with van der Waals surface area (Å²) in [5.41, 5.74) is -0.248. The Hall–Kier alpha value is -3.68. The highest BCUT2D eigenvalue weighted by Gasteiger charge is 2.46. The topological polar surface area (TPSA) is 0 Å². The van der Waals surface area contributed by atoms with E-state index in [4.69, 9.17) is 0 Å². The third-order valence-corrected chi connectivity index (χ3v) is 7.69. The first-order chi connectivity index (χ1) is 20.2. The Morgan fingerprint density at radius 2 is 1.12 bits per heavy atom. The lowest BCUT2D eigenvalue weighted by atomic mass is 9.86. The van der Waals surface area contributed by atoms with Crippen LogP contribution >= 0.6 is 0 Å². The molecular formula is C35H32F8. The van der Waals surface area contributed by atoms with Crippen LogP contribution in [0.3, 0.4) is 0 Å². The minimum absolute atomic E-state index is 0.103. The Kier molecular flexibility index (Phi) is 9.67. The minimum Gasteiger partial charge on any atom is -0.207 e. The molecule has 0 aliphatic carbocycles. The van der Waals surface area contributed by atoms with E-state index in [2.05, 4.69) is 0 Å². The van der Waals surface area contributed by atoms with Crippen LogP contribution < -0.4 is 0 Å². The molecule has 0 spiro atoms. The predicted octanol–water partition coefficient (Wildman–Crippen LogP) is 10.8. The van der Waals surface area contributed by atoms with Gasteiger partial charge in [-0.2, -0.15) is 26.3 Å². The van der Waals surface area contributed by atoms with Crippen molar-refractivity contribution in [3.8, 4) is 11.1 Å². The molecule has 4 rings (SSSR count). The molecule has 4 aromatic rings. The second-order valence-corrected chi connectivity index (χ2v) is 10.9. The summed E-state index contributed by atoms with van der Waals surface area (Å²) >= 11 is 0. The Balaban J connectivity index is 1.49. The average Bonchev–Trinajstić information content (AvgIpc) is 2.92. The summed E-state index contributed by atoms with van der Waals surface area (Å²) < 4.78 is 114. The lowest BCUT2D eigenvalue weighted by Gasteiger charge is -2.24. The van der Waals surface area contributed by atoms with Crippen molar-refractivity contribution in [1.82, 2.24) is 0 Å². The normalized spacial score (nSPS) is 12.2. The molecule has 0 saturated carbocycles. The number of rotatable bonds is 9. The van der Waals surface area contributed by atoms with Gasteiger partial charge < -0.3 is 0 Å². The van der Waals surface area contributed by atoms with Gasteiger partial charge >= 0.3 is 12.4 Å². The first-order valence-electron chi connectivity index (χ1n) is 14.1. The lowest BCUT2D eigenvalue weighted by molar-refractivity contribution is -0.163. The number of halogens is 8. The Bertz CT molecular complexity index is 1560. The monoisotopic (exact) mass is 604 g/mol. The van der Waals surface area contributed by atoms with Gasteiger partial charge in [-0.1, -0.05) is 73.5 Å². The second kappa shape index (κ2) is 12.9. The van der Waals surface area contributed by atoms with Crippen molar-refractivity contribution in [2.45, 2.75) is 71.6 Å². The fourth-order valence-corrected chi connectivity index (χ4v) is 5.51. The molecule has 8 heteroatoms. The highest BCUT2D eigenvalue weighted by Crippen LogP contribution is 2.45. The summed E-state index contributed by atoms with van der Waals surface area (Å²) in [6, 6.07) is 17.6. The number of aryl methyl sites for hydroxylation is 6. The van der Waals surface area contributed by atoms with E-state index in [0.29, 0.717) is 17.5 Å². The standard InChI is InChI=1S/C35H32F8/c1-4-5-27-18-22(3)28(33(35(41,42)43)32(27)34(38,39)40)17-13-24-10-8-23(9-11-24)12-16-26-19-31(37)29(20-30(26)36)25-14-6-21(2)7-15-25/h6-11,14-15,18-20H,4-5,12-13,16-17H2,1-3H3. The average molecular weight is 605 g/mol. The molecule has 0 aliphatic heterocycles. The summed E-state index contributed by atoms with van der Waals surface area (Å²) in [6.45, 7) is 4.94. The van der Waals surface area contributed by atoms with Crippen molar-refractivity contribution in [2.75, 3.05) is 0 Å². The molecule has 43 heavy (non-hydrogen) atoms. The molecule has 0 aromatic heterocycles. The van der Waals surface area contributed by atoms with Crippen molar-refractivity contribution in [2.24, 2.45) is 0 Å². The van der Waals surface area contributed by atoms with Crippen LogP contribution in [0.15, 0.2) is 66.7 Å². The van der Waals surface area contributed by atoms with E-state index in [1.807, 2.05) is 19.1 Å². The zero-order valence-corrected chi connectivity index (χ0v) is 24.1. The SMILES string of the molecule is CCCc1cc(C)c(CCc2ccc(CCc3cc(F)c(-c4ccc(C)cc4)cc3F)cc2)c(C(F)(F)F)c1C(F)(F)F. The Morgan fingerprint density at radius 1 is 0.558 bits per heavy atom. The number of alkyl halides is 6. The van der Waals surface area contributed by atoms with E-state index in [-0.39, 0.29) is 59.9 Å². The molecule has 0 unspecified atom stereocenters.